The van der Waals surface area contributed by atoms with E-state index >= 15 is 0 Å². The minimum Gasteiger partial charge on any atom is -0.370 e. The molecule has 0 atom stereocenters. The monoisotopic (exact) mass is 148 g/mol. The minimum atomic E-state index is -0.496. The topological polar surface area (TPSA) is 86.2 Å². The Hall–Kier alpha value is -1.06. The SMILES string of the molecule is CC.NC(=O)CCC(N)=O.[HH]. The number of amides is 2. The van der Waals surface area contributed by atoms with Crippen LogP contribution < -0.4 is 11.5 Å². The predicted molar refractivity (Wildman–Crippen MR) is 41.1 cm³/mol. The van der Waals surface area contributed by atoms with Crippen molar-refractivity contribution in [3.8, 4) is 0 Å². The van der Waals surface area contributed by atoms with Crippen LogP contribution in [-0.2, 0) is 9.59 Å². The van der Waals surface area contributed by atoms with E-state index in [1.807, 2.05) is 13.8 Å². The van der Waals surface area contributed by atoms with E-state index in [0.717, 1.165) is 0 Å². The first-order valence-corrected chi connectivity index (χ1v) is 3.19. The lowest BCUT2D eigenvalue weighted by atomic mass is 10.3. The Kier molecular flexibility index (Phi) is 9.29. The summed E-state index contributed by atoms with van der Waals surface area (Å²) >= 11 is 0. The van der Waals surface area contributed by atoms with E-state index in [2.05, 4.69) is 0 Å². The van der Waals surface area contributed by atoms with Crippen LogP contribution in [0, 0.1) is 0 Å². The third-order valence-electron chi connectivity index (χ3n) is 0.618. The van der Waals surface area contributed by atoms with E-state index in [-0.39, 0.29) is 14.3 Å². The molecule has 62 valence electrons. The highest BCUT2D eigenvalue weighted by atomic mass is 16.2. The molecule has 4 N–H and O–H groups in total. The molecule has 0 aliphatic heterocycles. The van der Waals surface area contributed by atoms with Crippen molar-refractivity contribution in [3.05, 3.63) is 0 Å². The van der Waals surface area contributed by atoms with E-state index in [4.69, 9.17) is 11.5 Å². The van der Waals surface area contributed by atoms with Crippen LogP contribution in [0.5, 0.6) is 0 Å². The normalized spacial score (nSPS) is 7.40. The second kappa shape index (κ2) is 7.94. The molecule has 0 aromatic rings. The van der Waals surface area contributed by atoms with Gasteiger partial charge in [0.1, 0.15) is 0 Å². The summed E-state index contributed by atoms with van der Waals surface area (Å²) in [6, 6.07) is 0. The largest absolute Gasteiger partial charge is 0.370 e. The van der Waals surface area contributed by atoms with Crippen molar-refractivity contribution in [2.45, 2.75) is 26.7 Å². The summed E-state index contributed by atoms with van der Waals surface area (Å²) in [6.45, 7) is 4.00. The Morgan fingerprint density at radius 1 is 1.10 bits per heavy atom. The number of rotatable bonds is 3. The Morgan fingerprint density at radius 2 is 1.30 bits per heavy atom. The lowest BCUT2D eigenvalue weighted by Gasteiger charge is -1.87. The van der Waals surface area contributed by atoms with Crippen molar-refractivity contribution in [3.63, 3.8) is 0 Å². The Balaban J connectivity index is -0.000000196. The van der Waals surface area contributed by atoms with Crippen molar-refractivity contribution in [1.82, 2.24) is 0 Å². The molecule has 0 fully saturated rings. The van der Waals surface area contributed by atoms with E-state index in [0.29, 0.717) is 0 Å². The van der Waals surface area contributed by atoms with Gasteiger partial charge in [-0.3, -0.25) is 9.59 Å². The van der Waals surface area contributed by atoms with Gasteiger partial charge >= 0.3 is 0 Å². The molecular weight excluding hydrogens is 132 g/mol. The molecule has 0 spiro atoms. The maximum Gasteiger partial charge on any atom is 0.217 e. The Bertz CT molecular complexity index is 103. The first-order chi connectivity index (χ1) is 4.63. The number of nitrogens with two attached hydrogens (primary N) is 2. The molecule has 0 bridgehead atoms. The van der Waals surface area contributed by atoms with Crippen LogP contribution in [0.1, 0.15) is 28.1 Å². The molecule has 0 saturated carbocycles. The Labute approximate surface area is 62.1 Å². The zero-order chi connectivity index (χ0) is 8.57. The third kappa shape index (κ3) is 15.8. The summed E-state index contributed by atoms with van der Waals surface area (Å²) in [5, 5.41) is 0. The average Bonchev–Trinajstić information content (AvgIpc) is 1.89. The highest BCUT2D eigenvalue weighted by Crippen LogP contribution is 1.82. The fourth-order valence-electron chi connectivity index (χ4n) is 0.246. The van der Waals surface area contributed by atoms with E-state index in [9.17, 15) is 9.59 Å². The van der Waals surface area contributed by atoms with E-state index < -0.39 is 11.8 Å². The number of primary amides is 2. The van der Waals surface area contributed by atoms with Crippen LogP contribution >= 0.6 is 0 Å². The second-order valence-electron chi connectivity index (χ2n) is 1.43. The molecule has 10 heavy (non-hydrogen) atoms. The second-order valence-corrected chi connectivity index (χ2v) is 1.43. The van der Waals surface area contributed by atoms with Crippen LogP contribution in [0.2, 0.25) is 0 Å². The first kappa shape index (κ1) is 11.7. The number of hydrogen-bond donors (Lipinski definition) is 2. The molecule has 0 radical (unpaired) electrons. The van der Waals surface area contributed by atoms with Crippen LogP contribution in [0.4, 0.5) is 0 Å². The quantitative estimate of drug-likeness (QED) is 0.590. The van der Waals surface area contributed by atoms with Gasteiger partial charge in [-0.1, -0.05) is 13.8 Å². The molecule has 0 rings (SSSR count). The van der Waals surface area contributed by atoms with Gasteiger partial charge in [0.15, 0.2) is 0 Å². The highest BCUT2D eigenvalue weighted by molar-refractivity contribution is 5.81. The fourth-order valence-corrected chi connectivity index (χ4v) is 0.246. The Morgan fingerprint density at radius 3 is 1.40 bits per heavy atom. The van der Waals surface area contributed by atoms with Crippen molar-refractivity contribution < 1.29 is 11.0 Å². The molecule has 0 saturated heterocycles. The van der Waals surface area contributed by atoms with Crippen molar-refractivity contribution >= 4 is 11.8 Å². The molecule has 0 aliphatic rings. The number of carbonyl (C=O) groups excluding carboxylic acids is 2. The number of carbonyl (C=O) groups is 2. The van der Waals surface area contributed by atoms with Gasteiger partial charge in [-0.05, 0) is 0 Å². The molecule has 0 aliphatic carbocycles. The highest BCUT2D eigenvalue weighted by Gasteiger charge is 1.96. The van der Waals surface area contributed by atoms with Gasteiger partial charge in [0, 0.05) is 14.3 Å². The van der Waals surface area contributed by atoms with E-state index in [1.54, 1.807) is 0 Å². The lowest BCUT2D eigenvalue weighted by Crippen LogP contribution is -2.16. The zero-order valence-corrected chi connectivity index (χ0v) is 6.39. The fraction of sp³-hybridized carbons (Fsp3) is 0.667. The van der Waals surface area contributed by atoms with Gasteiger partial charge < -0.3 is 11.5 Å². The van der Waals surface area contributed by atoms with Gasteiger partial charge in [0.25, 0.3) is 0 Å². The first-order valence-electron chi connectivity index (χ1n) is 3.19. The molecule has 4 heteroatoms. The molecule has 0 aromatic carbocycles. The molecule has 0 unspecified atom stereocenters. The van der Waals surface area contributed by atoms with Crippen LogP contribution in [0.25, 0.3) is 0 Å². The van der Waals surface area contributed by atoms with Gasteiger partial charge in [0.2, 0.25) is 11.8 Å². The molecule has 0 heterocycles. The van der Waals surface area contributed by atoms with Crippen LogP contribution in [0.3, 0.4) is 0 Å². The summed E-state index contributed by atoms with van der Waals surface area (Å²) in [5.74, 6) is -0.993. The van der Waals surface area contributed by atoms with Crippen molar-refractivity contribution in [1.29, 1.82) is 0 Å². The maximum absolute atomic E-state index is 9.92. The predicted octanol–water partition coefficient (Wildman–Crippen LogP) is 0.00940. The summed E-state index contributed by atoms with van der Waals surface area (Å²) in [7, 11) is 0. The van der Waals surface area contributed by atoms with E-state index in [1.165, 1.54) is 0 Å². The molecular formula is C6H16N2O2. The minimum absolute atomic E-state index is 0. The summed E-state index contributed by atoms with van der Waals surface area (Å²) in [5.41, 5.74) is 9.39. The zero-order valence-electron chi connectivity index (χ0n) is 6.39. The van der Waals surface area contributed by atoms with Crippen LogP contribution in [0.15, 0.2) is 0 Å². The van der Waals surface area contributed by atoms with Gasteiger partial charge in [-0.25, -0.2) is 0 Å². The summed E-state index contributed by atoms with van der Waals surface area (Å²) < 4.78 is 0. The summed E-state index contributed by atoms with van der Waals surface area (Å²) in [4.78, 5) is 19.8. The van der Waals surface area contributed by atoms with Gasteiger partial charge in [-0.15, -0.1) is 0 Å². The van der Waals surface area contributed by atoms with Crippen molar-refractivity contribution in [2.75, 3.05) is 0 Å². The standard InChI is InChI=1S/C4H8N2O2.C2H6.H2/c5-3(7)1-2-4(6)8;1-2;/h1-2H2,(H2,5,7)(H2,6,8);1-2H3;1H. The summed E-state index contributed by atoms with van der Waals surface area (Å²) in [6.07, 6.45) is 0.102. The van der Waals surface area contributed by atoms with Gasteiger partial charge in [0.05, 0.1) is 0 Å². The molecule has 0 aromatic heterocycles. The lowest BCUT2D eigenvalue weighted by molar-refractivity contribution is -0.123. The maximum atomic E-state index is 9.92. The molecule has 2 amide bonds. The average molecular weight is 148 g/mol. The van der Waals surface area contributed by atoms with Gasteiger partial charge in [-0.2, -0.15) is 0 Å². The smallest absolute Gasteiger partial charge is 0.217 e. The molecule has 4 nitrogen and oxygen atoms in total. The van der Waals surface area contributed by atoms with Crippen LogP contribution in [-0.4, -0.2) is 11.8 Å². The van der Waals surface area contributed by atoms with Crippen molar-refractivity contribution in [2.24, 2.45) is 11.5 Å². The third-order valence-corrected chi connectivity index (χ3v) is 0.618. The number of hydrogen-bond acceptors (Lipinski definition) is 2.